The van der Waals surface area contributed by atoms with E-state index >= 15 is 0 Å². The van der Waals surface area contributed by atoms with Gasteiger partial charge in [-0.3, -0.25) is 9.59 Å². The summed E-state index contributed by atoms with van der Waals surface area (Å²) in [6, 6.07) is 7.25. The third-order valence-electron chi connectivity index (χ3n) is 3.69. The largest absolute Gasteiger partial charge is 0.497 e. The quantitative estimate of drug-likeness (QED) is 0.774. The zero-order valence-electron chi connectivity index (χ0n) is 13.7. The number of rotatable bonds is 5. The number of methoxy groups -OCH3 is 1. The standard InChI is InChI=1S/C17H22N2O3S/c1-4-6-16(20)19-12-23-11-15(19)17(21)18(2)10-13-7-5-8-14(9-13)22-3/h4-9,15H,10-12H2,1-3H3/b6-4+. The van der Waals surface area contributed by atoms with E-state index < -0.39 is 0 Å². The zero-order valence-corrected chi connectivity index (χ0v) is 14.5. The van der Waals surface area contributed by atoms with E-state index in [9.17, 15) is 9.59 Å². The van der Waals surface area contributed by atoms with Crippen molar-refractivity contribution in [3.05, 3.63) is 42.0 Å². The van der Waals surface area contributed by atoms with Crippen LogP contribution < -0.4 is 4.74 Å². The lowest BCUT2D eigenvalue weighted by molar-refractivity contribution is -0.140. The summed E-state index contributed by atoms with van der Waals surface area (Å²) in [5.74, 6) is 1.84. The summed E-state index contributed by atoms with van der Waals surface area (Å²) in [6.07, 6.45) is 3.21. The van der Waals surface area contributed by atoms with Gasteiger partial charge in [0.2, 0.25) is 11.8 Å². The van der Waals surface area contributed by atoms with Crippen molar-refractivity contribution in [3.63, 3.8) is 0 Å². The molecule has 6 heteroatoms. The van der Waals surface area contributed by atoms with Gasteiger partial charge in [0.05, 0.1) is 13.0 Å². The Balaban J connectivity index is 2.04. The fourth-order valence-corrected chi connectivity index (χ4v) is 3.63. The van der Waals surface area contributed by atoms with Gasteiger partial charge in [0, 0.05) is 19.3 Å². The molecule has 2 amide bonds. The van der Waals surface area contributed by atoms with Gasteiger partial charge >= 0.3 is 0 Å². The van der Waals surface area contributed by atoms with Crippen LogP contribution in [0.15, 0.2) is 36.4 Å². The van der Waals surface area contributed by atoms with E-state index in [0.717, 1.165) is 11.3 Å². The summed E-state index contributed by atoms with van der Waals surface area (Å²) in [7, 11) is 3.39. The van der Waals surface area contributed by atoms with Gasteiger partial charge < -0.3 is 14.5 Å². The number of likely N-dealkylation sites (N-methyl/N-ethyl adjacent to an activating group) is 1. The summed E-state index contributed by atoms with van der Waals surface area (Å²) < 4.78 is 5.20. The second-order valence-electron chi connectivity index (χ2n) is 5.37. The third kappa shape index (κ3) is 4.28. The van der Waals surface area contributed by atoms with Gasteiger partial charge in [-0.2, -0.15) is 0 Å². The second kappa shape index (κ2) is 8.06. The molecule has 1 fully saturated rings. The number of carbonyl (C=O) groups is 2. The number of hydrogen-bond acceptors (Lipinski definition) is 4. The highest BCUT2D eigenvalue weighted by Gasteiger charge is 2.35. The van der Waals surface area contributed by atoms with Crippen molar-refractivity contribution < 1.29 is 14.3 Å². The molecule has 5 nitrogen and oxygen atoms in total. The SMILES string of the molecule is C/C=C/C(=O)N1CSCC1C(=O)N(C)Cc1cccc(OC)c1. The third-order valence-corrected chi connectivity index (χ3v) is 4.70. The summed E-state index contributed by atoms with van der Waals surface area (Å²) in [4.78, 5) is 28.1. The van der Waals surface area contributed by atoms with Crippen LogP contribution in [0.3, 0.4) is 0 Å². The Labute approximate surface area is 141 Å². The number of nitrogens with zero attached hydrogens (tertiary/aromatic N) is 2. The van der Waals surface area contributed by atoms with Crippen LogP contribution in [0, 0.1) is 0 Å². The molecular formula is C17H22N2O3S. The average Bonchev–Trinajstić information content (AvgIpc) is 3.04. The Hall–Kier alpha value is -1.95. The summed E-state index contributed by atoms with van der Waals surface area (Å²) in [6.45, 7) is 2.29. The molecule has 0 aliphatic carbocycles. The van der Waals surface area contributed by atoms with Gasteiger partial charge in [0.25, 0.3) is 0 Å². The monoisotopic (exact) mass is 334 g/mol. The molecule has 0 radical (unpaired) electrons. The molecular weight excluding hydrogens is 312 g/mol. The predicted molar refractivity (Wildman–Crippen MR) is 92.2 cm³/mol. The predicted octanol–water partition coefficient (Wildman–Crippen LogP) is 2.13. The lowest BCUT2D eigenvalue weighted by atomic mass is 10.2. The zero-order chi connectivity index (χ0) is 16.8. The molecule has 1 saturated heterocycles. The van der Waals surface area contributed by atoms with Gasteiger partial charge in [0.15, 0.2) is 0 Å². The first kappa shape index (κ1) is 17.4. The van der Waals surface area contributed by atoms with E-state index in [-0.39, 0.29) is 17.9 Å². The number of benzene rings is 1. The first-order valence-electron chi connectivity index (χ1n) is 7.45. The van der Waals surface area contributed by atoms with Crippen LogP contribution in [0.1, 0.15) is 12.5 Å². The van der Waals surface area contributed by atoms with Crippen molar-refractivity contribution in [2.45, 2.75) is 19.5 Å². The maximum Gasteiger partial charge on any atom is 0.247 e. The van der Waals surface area contributed by atoms with Gasteiger partial charge in [-0.05, 0) is 30.7 Å². The van der Waals surface area contributed by atoms with Crippen LogP contribution >= 0.6 is 11.8 Å². The number of hydrogen-bond donors (Lipinski definition) is 0. The van der Waals surface area contributed by atoms with Gasteiger partial charge in [0.1, 0.15) is 11.8 Å². The molecule has 1 atom stereocenters. The Morgan fingerprint density at radius 2 is 2.26 bits per heavy atom. The lowest BCUT2D eigenvalue weighted by Gasteiger charge is -2.26. The molecule has 23 heavy (non-hydrogen) atoms. The Morgan fingerprint density at radius 1 is 1.48 bits per heavy atom. The topological polar surface area (TPSA) is 49.9 Å². The number of amides is 2. The van der Waals surface area contributed by atoms with E-state index in [2.05, 4.69) is 0 Å². The van der Waals surface area contributed by atoms with Gasteiger partial charge in [-0.25, -0.2) is 0 Å². The minimum atomic E-state index is -0.390. The molecule has 0 spiro atoms. The van der Waals surface area contributed by atoms with E-state index in [1.54, 1.807) is 48.7 Å². The number of thioether (sulfide) groups is 1. The highest BCUT2D eigenvalue weighted by atomic mass is 32.2. The van der Waals surface area contributed by atoms with E-state index in [0.29, 0.717) is 18.2 Å². The minimum Gasteiger partial charge on any atom is -0.497 e. The van der Waals surface area contributed by atoms with Crippen LogP contribution in [-0.4, -0.2) is 53.4 Å². The molecule has 0 bridgehead atoms. The molecule has 1 aliphatic rings. The Bertz CT molecular complexity index is 603. The molecule has 1 aliphatic heterocycles. The van der Waals surface area contributed by atoms with Crippen LogP contribution in [0.5, 0.6) is 5.75 Å². The summed E-state index contributed by atoms with van der Waals surface area (Å²) in [5, 5.41) is 0. The van der Waals surface area contributed by atoms with E-state index in [1.807, 2.05) is 24.3 Å². The molecule has 124 valence electrons. The maximum absolute atomic E-state index is 12.7. The Morgan fingerprint density at radius 3 is 2.96 bits per heavy atom. The normalized spacial score (nSPS) is 17.5. The van der Waals surface area contributed by atoms with Crippen molar-refractivity contribution in [2.24, 2.45) is 0 Å². The fourth-order valence-electron chi connectivity index (χ4n) is 2.48. The van der Waals surface area contributed by atoms with Crippen LogP contribution in [-0.2, 0) is 16.1 Å². The second-order valence-corrected chi connectivity index (χ2v) is 6.37. The molecule has 0 aromatic heterocycles. The van der Waals surface area contributed by atoms with Gasteiger partial charge in [-0.1, -0.05) is 18.2 Å². The molecule has 1 aromatic carbocycles. The number of ether oxygens (including phenoxy) is 1. The highest BCUT2D eigenvalue weighted by Crippen LogP contribution is 2.23. The molecule has 1 heterocycles. The minimum absolute atomic E-state index is 0.0318. The van der Waals surface area contributed by atoms with Crippen molar-refractivity contribution in [3.8, 4) is 5.75 Å². The molecule has 1 unspecified atom stereocenters. The molecule has 0 N–H and O–H groups in total. The highest BCUT2D eigenvalue weighted by molar-refractivity contribution is 7.99. The number of carbonyl (C=O) groups excluding carboxylic acids is 2. The van der Waals surface area contributed by atoms with Crippen molar-refractivity contribution in [2.75, 3.05) is 25.8 Å². The average molecular weight is 334 g/mol. The molecule has 1 aromatic rings. The summed E-state index contributed by atoms with van der Waals surface area (Å²) in [5.41, 5.74) is 0.997. The Kier molecular flexibility index (Phi) is 6.10. The first-order chi connectivity index (χ1) is 11.1. The summed E-state index contributed by atoms with van der Waals surface area (Å²) >= 11 is 1.61. The van der Waals surface area contributed by atoms with E-state index in [1.165, 1.54) is 6.08 Å². The van der Waals surface area contributed by atoms with Crippen molar-refractivity contribution in [1.82, 2.24) is 9.80 Å². The first-order valence-corrected chi connectivity index (χ1v) is 8.61. The maximum atomic E-state index is 12.7. The van der Waals surface area contributed by atoms with Crippen molar-refractivity contribution in [1.29, 1.82) is 0 Å². The van der Waals surface area contributed by atoms with E-state index in [4.69, 9.17) is 4.74 Å². The smallest absolute Gasteiger partial charge is 0.247 e. The van der Waals surface area contributed by atoms with Crippen LogP contribution in [0.25, 0.3) is 0 Å². The van der Waals surface area contributed by atoms with Crippen LogP contribution in [0.2, 0.25) is 0 Å². The van der Waals surface area contributed by atoms with Crippen molar-refractivity contribution >= 4 is 23.6 Å². The molecule has 2 rings (SSSR count). The number of allylic oxidation sites excluding steroid dienone is 1. The lowest BCUT2D eigenvalue weighted by Crippen LogP contribution is -2.47. The van der Waals surface area contributed by atoms with Gasteiger partial charge in [-0.15, -0.1) is 11.8 Å². The molecule has 0 saturated carbocycles. The fraction of sp³-hybridized carbons (Fsp3) is 0.412. The van der Waals surface area contributed by atoms with Crippen LogP contribution in [0.4, 0.5) is 0 Å².